The van der Waals surface area contributed by atoms with Crippen molar-refractivity contribution in [2.24, 2.45) is 0 Å². The second kappa shape index (κ2) is 7.38. The van der Waals surface area contributed by atoms with Gasteiger partial charge in [-0.15, -0.1) is 11.8 Å². The van der Waals surface area contributed by atoms with E-state index in [4.69, 9.17) is 4.74 Å². The number of Topliss-reactive ketones (excluding diaryl/α,β-unsaturated/α-hetero) is 1. The minimum Gasteiger partial charge on any atom is -0.466 e. The second-order valence-corrected chi connectivity index (χ2v) is 5.97. The number of H-pyrrole nitrogens is 1. The highest BCUT2D eigenvalue weighted by molar-refractivity contribution is 8.00. The maximum Gasteiger partial charge on any atom is 0.306 e. The SMILES string of the molecule is CCOC(=O)C[C@H](C)SCC(=O)c1cc(C)[nH]c1C. The van der Waals surface area contributed by atoms with E-state index in [0.717, 1.165) is 17.0 Å². The Morgan fingerprint density at radius 3 is 2.63 bits per heavy atom. The number of ketones is 1. The summed E-state index contributed by atoms with van der Waals surface area (Å²) in [6.07, 6.45) is 0.344. The molecule has 1 heterocycles. The maximum absolute atomic E-state index is 12.0. The average molecular weight is 283 g/mol. The van der Waals surface area contributed by atoms with Gasteiger partial charge in [0, 0.05) is 22.2 Å². The predicted molar refractivity (Wildman–Crippen MR) is 77.8 cm³/mol. The summed E-state index contributed by atoms with van der Waals surface area (Å²) >= 11 is 1.49. The van der Waals surface area contributed by atoms with Gasteiger partial charge in [-0.25, -0.2) is 0 Å². The smallest absolute Gasteiger partial charge is 0.306 e. The molecule has 0 aliphatic heterocycles. The Morgan fingerprint density at radius 2 is 2.11 bits per heavy atom. The molecular weight excluding hydrogens is 262 g/mol. The molecule has 1 N–H and O–H groups in total. The fraction of sp³-hybridized carbons (Fsp3) is 0.571. The van der Waals surface area contributed by atoms with Gasteiger partial charge in [-0.2, -0.15) is 0 Å². The first-order valence-electron chi connectivity index (χ1n) is 6.40. The summed E-state index contributed by atoms with van der Waals surface area (Å²) in [7, 11) is 0. The van der Waals surface area contributed by atoms with E-state index in [2.05, 4.69) is 4.98 Å². The molecule has 0 unspecified atom stereocenters. The molecule has 0 amide bonds. The highest BCUT2D eigenvalue weighted by Gasteiger charge is 2.15. The zero-order valence-corrected chi connectivity index (χ0v) is 12.7. The molecule has 106 valence electrons. The van der Waals surface area contributed by atoms with Crippen LogP contribution in [0.2, 0.25) is 0 Å². The van der Waals surface area contributed by atoms with Gasteiger partial charge >= 0.3 is 5.97 Å². The summed E-state index contributed by atoms with van der Waals surface area (Å²) in [5.74, 6) is 0.282. The van der Waals surface area contributed by atoms with E-state index in [1.807, 2.05) is 26.8 Å². The summed E-state index contributed by atoms with van der Waals surface area (Å²) in [4.78, 5) is 26.5. The fourth-order valence-electron chi connectivity index (χ4n) is 1.82. The van der Waals surface area contributed by atoms with Crippen LogP contribution in [0.15, 0.2) is 6.07 Å². The number of carbonyl (C=O) groups excluding carboxylic acids is 2. The van der Waals surface area contributed by atoms with Crippen LogP contribution >= 0.6 is 11.8 Å². The maximum atomic E-state index is 12.0. The first-order chi connectivity index (χ1) is 8.93. The van der Waals surface area contributed by atoms with Crippen molar-refractivity contribution >= 4 is 23.5 Å². The molecule has 0 aromatic carbocycles. The predicted octanol–water partition coefficient (Wildman–Crippen LogP) is 2.89. The number of esters is 1. The van der Waals surface area contributed by atoms with Gasteiger partial charge in [0.1, 0.15) is 0 Å². The standard InChI is InChI=1S/C14H21NO3S/c1-5-18-14(17)7-10(3)19-8-13(16)12-6-9(2)15-11(12)4/h6,10,15H,5,7-8H2,1-4H3/t10-/m0/s1. The molecule has 0 saturated heterocycles. The van der Waals surface area contributed by atoms with Crippen molar-refractivity contribution in [2.45, 2.75) is 39.4 Å². The van der Waals surface area contributed by atoms with Crippen LogP contribution in [0.3, 0.4) is 0 Å². The molecule has 0 bridgehead atoms. The highest BCUT2D eigenvalue weighted by atomic mass is 32.2. The normalized spacial score (nSPS) is 12.2. The third-order valence-electron chi connectivity index (χ3n) is 2.71. The van der Waals surface area contributed by atoms with Crippen LogP contribution in [-0.2, 0) is 9.53 Å². The monoisotopic (exact) mass is 283 g/mol. The van der Waals surface area contributed by atoms with Crippen LogP contribution in [0, 0.1) is 13.8 Å². The lowest BCUT2D eigenvalue weighted by atomic mass is 10.2. The zero-order valence-electron chi connectivity index (χ0n) is 11.9. The molecule has 4 nitrogen and oxygen atoms in total. The molecule has 1 aromatic heterocycles. The number of aromatic amines is 1. The molecule has 1 aromatic rings. The van der Waals surface area contributed by atoms with Crippen LogP contribution < -0.4 is 0 Å². The number of thioether (sulfide) groups is 1. The van der Waals surface area contributed by atoms with Crippen LogP contribution in [0.5, 0.6) is 0 Å². The third kappa shape index (κ3) is 5.11. The minimum atomic E-state index is -0.205. The molecule has 1 atom stereocenters. The number of hydrogen-bond donors (Lipinski definition) is 1. The van der Waals surface area contributed by atoms with Crippen LogP contribution in [0.1, 0.15) is 42.0 Å². The molecule has 1 rings (SSSR count). The van der Waals surface area contributed by atoms with E-state index in [1.165, 1.54) is 11.8 Å². The van der Waals surface area contributed by atoms with Gasteiger partial charge in [0.25, 0.3) is 0 Å². The minimum absolute atomic E-state index is 0.0864. The first-order valence-corrected chi connectivity index (χ1v) is 7.45. The number of ether oxygens (including phenoxy) is 1. The molecule has 0 fully saturated rings. The number of nitrogens with one attached hydrogen (secondary N) is 1. The van der Waals surface area contributed by atoms with E-state index in [1.54, 1.807) is 6.92 Å². The number of aryl methyl sites for hydroxylation is 2. The van der Waals surface area contributed by atoms with Crippen molar-refractivity contribution in [1.29, 1.82) is 0 Å². The second-order valence-electron chi connectivity index (χ2n) is 4.54. The van der Waals surface area contributed by atoms with Gasteiger partial charge in [0.15, 0.2) is 5.78 Å². The Bertz CT molecular complexity index is 454. The molecule has 0 radical (unpaired) electrons. The number of aromatic nitrogens is 1. The largest absolute Gasteiger partial charge is 0.466 e. The summed E-state index contributed by atoms with van der Waals surface area (Å²) in [6.45, 7) is 7.95. The van der Waals surface area contributed by atoms with Crippen LogP contribution in [0.4, 0.5) is 0 Å². The molecule has 0 aliphatic carbocycles. The lowest BCUT2D eigenvalue weighted by Gasteiger charge is -2.09. The van der Waals surface area contributed by atoms with E-state index in [0.29, 0.717) is 18.8 Å². The third-order valence-corrected chi connectivity index (χ3v) is 3.87. The van der Waals surface area contributed by atoms with Crippen molar-refractivity contribution in [2.75, 3.05) is 12.4 Å². The summed E-state index contributed by atoms with van der Waals surface area (Å²) in [6, 6.07) is 1.87. The average Bonchev–Trinajstić information content (AvgIpc) is 2.65. The molecular formula is C14H21NO3S. The highest BCUT2D eigenvalue weighted by Crippen LogP contribution is 2.18. The number of hydrogen-bond acceptors (Lipinski definition) is 4. The zero-order chi connectivity index (χ0) is 14.4. The van der Waals surface area contributed by atoms with Crippen LogP contribution in [-0.4, -0.2) is 34.3 Å². The van der Waals surface area contributed by atoms with Crippen molar-refractivity contribution in [1.82, 2.24) is 4.98 Å². The van der Waals surface area contributed by atoms with Gasteiger partial charge in [0.05, 0.1) is 18.8 Å². The molecule has 19 heavy (non-hydrogen) atoms. The van der Waals surface area contributed by atoms with Crippen molar-refractivity contribution in [3.63, 3.8) is 0 Å². The van der Waals surface area contributed by atoms with Gasteiger partial charge in [-0.05, 0) is 26.8 Å². The topological polar surface area (TPSA) is 59.2 Å². The van der Waals surface area contributed by atoms with Crippen molar-refractivity contribution in [3.8, 4) is 0 Å². The van der Waals surface area contributed by atoms with E-state index in [9.17, 15) is 9.59 Å². The Kier molecular flexibility index (Phi) is 6.15. The van der Waals surface area contributed by atoms with E-state index in [-0.39, 0.29) is 17.0 Å². The number of carbonyl (C=O) groups is 2. The van der Waals surface area contributed by atoms with Gasteiger partial charge in [-0.1, -0.05) is 6.92 Å². The van der Waals surface area contributed by atoms with Crippen molar-refractivity contribution in [3.05, 3.63) is 23.0 Å². The lowest BCUT2D eigenvalue weighted by molar-refractivity contribution is -0.142. The van der Waals surface area contributed by atoms with E-state index >= 15 is 0 Å². The summed E-state index contributed by atoms with van der Waals surface area (Å²) < 4.78 is 4.88. The van der Waals surface area contributed by atoms with Gasteiger partial charge < -0.3 is 9.72 Å². The Morgan fingerprint density at radius 1 is 1.42 bits per heavy atom. The fourth-order valence-corrected chi connectivity index (χ4v) is 2.67. The molecule has 0 aliphatic rings. The molecule has 5 heteroatoms. The summed E-state index contributed by atoms with van der Waals surface area (Å²) in [5.41, 5.74) is 2.64. The van der Waals surface area contributed by atoms with Crippen LogP contribution in [0.25, 0.3) is 0 Å². The quantitative estimate of drug-likeness (QED) is 0.617. The Balaban J connectivity index is 2.42. The van der Waals surface area contributed by atoms with Gasteiger partial charge in [-0.3, -0.25) is 9.59 Å². The molecule has 0 spiro atoms. The summed E-state index contributed by atoms with van der Waals surface area (Å²) in [5, 5.41) is 0.0864. The first kappa shape index (κ1) is 15.8. The van der Waals surface area contributed by atoms with E-state index < -0.39 is 0 Å². The Hall–Kier alpha value is -1.23. The number of rotatable bonds is 7. The van der Waals surface area contributed by atoms with Crippen molar-refractivity contribution < 1.29 is 14.3 Å². The Labute approximate surface area is 118 Å². The molecule has 0 saturated carbocycles. The van der Waals surface area contributed by atoms with Gasteiger partial charge in [0.2, 0.25) is 0 Å². The lowest BCUT2D eigenvalue weighted by Crippen LogP contribution is -2.13.